The Labute approximate surface area is 118 Å². The average Bonchev–Trinajstić information content (AvgIpc) is 2.18. The molecule has 0 aromatic carbocycles. The minimum Gasteiger partial charge on any atom is -0.412 e. The largest absolute Gasteiger partial charge is 0.412 e. The summed E-state index contributed by atoms with van der Waals surface area (Å²) in [5.74, 6) is 0. The van der Waals surface area contributed by atoms with Crippen LogP contribution >= 0.6 is 0 Å². The maximum atomic E-state index is 7.62. The molecule has 0 aliphatic carbocycles. The predicted octanol–water partition coefficient (Wildman–Crippen LogP) is -4.74. The van der Waals surface area contributed by atoms with E-state index in [0.29, 0.717) is 0 Å². The number of rotatable bonds is 3. The summed E-state index contributed by atoms with van der Waals surface area (Å²) in [5, 5.41) is 45.8. The summed E-state index contributed by atoms with van der Waals surface area (Å²) in [5.41, 5.74) is 0. The molecule has 0 bridgehead atoms. The van der Waals surface area contributed by atoms with Crippen LogP contribution in [0.3, 0.4) is 0 Å². The molecule has 0 fully saturated rings. The Morgan fingerprint density at radius 1 is 0.375 bits per heavy atom. The molecule has 0 atom stereocenters. The van der Waals surface area contributed by atoms with Crippen molar-refractivity contribution in [3.8, 4) is 0 Å². The van der Waals surface area contributed by atoms with Gasteiger partial charge in [0.05, 0.1) is 39.6 Å². The molecule has 0 saturated heterocycles. The molecule has 10 heteroatoms. The molecular weight excluding hydrogens is 302 g/mol. The van der Waals surface area contributed by atoms with Crippen LogP contribution in [0.25, 0.3) is 0 Å². The molecule has 0 saturated carbocycles. The summed E-state index contributed by atoms with van der Waals surface area (Å²) in [4.78, 5) is 0. The molecule has 104 valence electrons. The van der Waals surface area contributed by atoms with Crippen LogP contribution in [-0.4, -0.2) is 81.2 Å². The molecule has 0 aliphatic rings. The van der Waals surface area contributed by atoms with Gasteiger partial charge in [0.1, 0.15) is 0 Å². The van der Waals surface area contributed by atoms with Crippen molar-refractivity contribution in [2.45, 2.75) is 0 Å². The van der Waals surface area contributed by atoms with Gasteiger partial charge in [0.15, 0.2) is 0 Å². The number of hydrogen-bond acceptors (Lipinski definition) is 6. The van der Waals surface area contributed by atoms with Crippen LogP contribution in [0.2, 0.25) is 0 Å². The third-order valence-corrected chi connectivity index (χ3v) is 0.300. The molecule has 0 aromatic heterocycles. The van der Waals surface area contributed by atoms with Crippen molar-refractivity contribution in [2.24, 2.45) is 0 Å². The molecule has 0 heterocycles. The Kier molecular flexibility index (Phi) is 203. The Morgan fingerprint density at radius 2 is 0.438 bits per heavy atom. The fourth-order valence-corrected chi connectivity index (χ4v) is 0. The monoisotopic (exact) mass is 324 g/mol. The van der Waals surface area contributed by atoms with Crippen molar-refractivity contribution in [3.05, 3.63) is 0 Å². The van der Waals surface area contributed by atoms with Gasteiger partial charge in [-0.3, -0.25) is 0 Å². The summed E-state index contributed by atoms with van der Waals surface area (Å²) in [7, 11) is 0. The number of aliphatic hydroxyl groups excluding tert-OH is 6. The third-order valence-electron chi connectivity index (χ3n) is 0.300. The molecule has 8 nitrogen and oxygen atoms in total. The second-order valence-electron chi connectivity index (χ2n) is 1.34. The van der Waals surface area contributed by atoms with Crippen molar-refractivity contribution in [2.75, 3.05) is 39.6 Å². The second kappa shape index (κ2) is 74.5. The van der Waals surface area contributed by atoms with Gasteiger partial charge in [-0.05, 0) is 0 Å². The number of aliphatic hydroxyl groups is 6. The molecule has 0 aromatic rings. The van der Waals surface area contributed by atoms with E-state index in [9.17, 15) is 0 Å². The maximum Gasteiger partial charge on any atom is 0.0662 e. The van der Waals surface area contributed by atoms with Crippen molar-refractivity contribution in [1.29, 1.82) is 0 Å². The summed E-state index contributed by atoms with van der Waals surface area (Å²) in [6.45, 7) is -0.750. The first-order valence-electron chi connectivity index (χ1n) is 3.40. The van der Waals surface area contributed by atoms with Gasteiger partial charge in [0, 0.05) is 37.1 Å². The average molecular weight is 324 g/mol. The van der Waals surface area contributed by atoms with Gasteiger partial charge in [-0.2, -0.15) is 0 Å². The van der Waals surface area contributed by atoms with Crippen LogP contribution in [0.5, 0.6) is 0 Å². The van der Waals surface area contributed by atoms with Crippen molar-refractivity contribution >= 4 is 0 Å². The molecule has 0 amide bonds. The predicted molar refractivity (Wildman–Crippen MR) is 49.7 cm³/mol. The van der Waals surface area contributed by atoms with Gasteiger partial charge in [0.2, 0.25) is 0 Å². The van der Waals surface area contributed by atoms with E-state index in [1.165, 1.54) is 0 Å². The van der Waals surface area contributed by atoms with Crippen LogP contribution in [0.15, 0.2) is 0 Å². The zero-order valence-corrected chi connectivity index (χ0v) is 11.6. The first-order chi connectivity index (χ1) is 5.74. The second-order valence-corrected chi connectivity index (χ2v) is 1.34. The van der Waals surface area contributed by atoms with E-state index in [4.69, 9.17) is 30.6 Å². The maximum absolute atomic E-state index is 7.62. The Bertz CT molecular complexity index is 38.0. The van der Waals surface area contributed by atoms with Gasteiger partial charge < -0.3 is 41.6 Å². The topological polar surface area (TPSA) is 184 Å². The van der Waals surface area contributed by atoms with Gasteiger partial charge in [-0.15, -0.1) is 0 Å². The van der Waals surface area contributed by atoms with E-state index in [1.54, 1.807) is 0 Å². The van der Waals surface area contributed by atoms with Crippen LogP contribution in [0.4, 0.5) is 0 Å². The minimum atomic E-state index is -0.125. The first-order valence-corrected chi connectivity index (χ1v) is 3.40. The van der Waals surface area contributed by atoms with Gasteiger partial charge in [0.25, 0.3) is 0 Å². The molecule has 10 N–H and O–H groups in total. The number of hydrogen-bond donors (Lipinski definition) is 6. The van der Waals surface area contributed by atoms with E-state index < -0.39 is 0 Å². The minimum absolute atomic E-state index is 0. The Balaban J connectivity index is -0.0000000135. The zero-order chi connectivity index (χ0) is 10.2. The van der Waals surface area contributed by atoms with E-state index in [-0.39, 0.29) is 87.7 Å². The summed E-state index contributed by atoms with van der Waals surface area (Å²) >= 11 is 0. The molecule has 0 unspecified atom stereocenters. The molecule has 0 spiro atoms. The van der Waals surface area contributed by atoms with Crippen LogP contribution in [-0.2, 0) is 37.1 Å². The molecule has 0 rings (SSSR count). The normalized spacial score (nSPS) is 5.62. The summed E-state index contributed by atoms with van der Waals surface area (Å²) in [6.07, 6.45) is 0. The molecule has 2 radical (unpaired) electrons. The quantitative estimate of drug-likeness (QED) is 0.303. The van der Waals surface area contributed by atoms with E-state index >= 15 is 0 Å². The van der Waals surface area contributed by atoms with Gasteiger partial charge in [-0.25, -0.2) is 0 Å². The van der Waals surface area contributed by atoms with Crippen LogP contribution < -0.4 is 0 Å². The Hall–Kier alpha value is 0.849. The Morgan fingerprint density at radius 3 is 0.438 bits per heavy atom. The van der Waals surface area contributed by atoms with Gasteiger partial charge in [-0.1, -0.05) is 0 Å². The van der Waals surface area contributed by atoms with E-state index in [0.717, 1.165) is 0 Å². The van der Waals surface area contributed by atoms with Crippen LogP contribution in [0, 0.1) is 0 Å². The SMILES string of the molecule is O.O.OCCO.OCCO.OCCO.[V].[V]. The van der Waals surface area contributed by atoms with Crippen LogP contribution in [0.1, 0.15) is 0 Å². The van der Waals surface area contributed by atoms with Gasteiger partial charge >= 0.3 is 0 Å². The first kappa shape index (κ1) is 43.6. The fraction of sp³-hybridized carbons (Fsp3) is 1.00. The zero-order valence-electron chi connectivity index (χ0n) is 8.82. The third kappa shape index (κ3) is 192. The standard InChI is InChI=1S/3C2H6O2.2H2O.2V/c3*3-1-2-4;;;;/h3*3-4H,1-2H2;2*1H2;;. The fourth-order valence-electron chi connectivity index (χ4n) is 0. The van der Waals surface area contributed by atoms with E-state index in [1.807, 2.05) is 0 Å². The van der Waals surface area contributed by atoms with Crippen molar-refractivity contribution < 1.29 is 78.7 Å². The van der Waals surface area contributed by atoms with Crippen molar-refractivity contribution in [1.82, 2.24) is 0 Å². The smallest absolute Gasteiger partial charge is 0.0662 e. The molecular formula is C6H22O8V2. The van der Waals surface area contributed by atoms with E-state index in [2.05, 4.69) is 0 Å². The molecule has 16 heavy (non-hydrogen) atoms. The summed E-state index contributed by atoms with van der Waals surface area (Å²) < 4.78 is 0. The summed E-state index contributed by atoms with van der Waals surface area (Å²) in [6, 6.07) is 0. The molecule has 0 aliphatic heterocycles. The van der Waals surface area contributed by atoms with Crippen molar-refractivity contribution in [3.63, 3.8) is 0 Å².